The van der Waals surface area contributed by atoms with Gasteiger partial charge in [-0.3, -0.25) is 10.1 Å². The van der Waals surface area contributed by atoms with Crippen LogP contribution in [0, 0.1) is 20.8 Å². The predicted molar refractivity (Wildman–Crippen MR) is 94.0 cm³/mol. The maximum absolute atomic E-state index is 12.3. The molecular formula is C18H17N3OS. The van der Waals surface area contributed by atoms with Gasteiger partial charge in [0, 0.05) is 11.1 Å². The van der Waals surface area contributed by atoms with E-state index in [1.165, 1.54) is 22.5 Å². The van der Waals surface area contributed by atoms with Crippen molar-refractivity contribution < 1.29 is 4.79 Å². The largest absolute Gasteiger partial charge is 0.296 e. The fraction of sp³-hybridized carbons (Fsp3) is 0.167. The lowest BCUT2D eigenvalue weighted by molar-refractivity contribution is 0.102. The number of amides is 1. The Hall–Kier alpha value is -2.53. The quantitative estimate of drug-likeness (QED) is 0.778. The van der Waals surface area contributed by atoms with Gasteiger partial charge in [-0.2, -0.15) is 0 Å². The summed E-state index contributed by atoms with van der Waals surface area (Å²) in [5.74, 6) is -0.167. The zero-order valence-corrected chi connectivity index (χ0v) is 14.1. The molecule has 23 heavy (non-hydrogen) atoms. The molecule has 0 aliphatic heterocycles. The van der Waals surface area contributed by atoms with E-state index in [2.05, 4.69) is 15.5 Å². The fourth-order valence-corrected chi connectivity index (χ4v) is 2.88. The molecule has 0 saturated heterocycles. The van der Waals surface area contributed by atoms with Gasteiger partial charge in [-0.15, -0.1) is 10.2 Å². The van der Waals surface area contributed by atoms with Crippen LogP contribution in [0.15, 0.2) is 42.5 Å². The molecule has 0 spiro atoms. The smallest absolute Gasteiger partial charge is 0.257 e. The highest BCUT2D eigenvalue weighted by Gasteiger charge is 2.11. The molecule has 0 saturated carbocycles. The number of nitrogens with one attached hydrogen (secondary N) is 1. The van der Waals surface area contributed by atoms with Crippen molar-refractivity contribution in [3.63, 3.8) is 0 Å². The van der Waals surface area contributed by atoms with E-state index in [0.717, 1.165) is 16.1 Å². The highest BCUT2D eigenvalue weighted by Crippen LogP contribution is 2.26. The van der Waals surface area contributed by atoms with E-state index in [4.69, 9.17) is 0 Å². The van der Waals surface area contributed by atoms with Crippen LogP contribution in [-0.4, -0.2) is 16.1 Å². The number of hydrogen-bond donors (Lipinski definition) is 1. The minimum atomic E-state index is -0.167. The number of hydrogen-bond acceptors (Lipinski definition) is 4. The van der Waals surface area contributed by atoms with Crippen LogP contribution >= 0.6 is 11.3 Å². The van der Waals surface area contributed by atoms with Crippen molar-refractivity contribution in [1.82, 2.24) is 10.2 Å². The summed E-state index contributed by atoms with van der Waals surface area (Å²) in [4.78, 5) is 12.3. The summed E-state index contributed by atoms with van der Waals surface area (Å²) in [7, 11) is 0. The molecule has 0 fully saturated rings. The van der Waals surface area contributed by atoms with E-state index in [0.29, 0.717) is 10.7 Å². The summed E-state index contributed by atoms with van der Waals surface area (Å²) >= 11 is 1.37. The van der Waals surface area contributed by atoms with Crippen LogP contribution in [0.5, 0.6) is 0 Å². The lowest BCUT2D eigenvalue weighted by atomic mass is 10.1. The van der Waals surface area contributed by atoms with E-state index in [9.17, 15) is 4.79 Å². The Kier molecular flexibility index (Phi) is 4.21. The third kappa shape index (κ3) is 3.46. The van der Waals surface area contributed by atoms with E-state index >= 15 is 0 Å². The van der Waals surface area contributed by atoms with Gasteiger partial charge in [-0.05, 0) is 44.0 Å². The normalized spacial score (nSPS) is 10.6. The summed E-state index contributed by atoms with van der Waals surface area (Å²) in [6.45, 7) is 6.06. The monoisotopic (exact) mass is 323 g/mol. The molecule has 1 aromatic heterocycles. The highest BCUT2D eigenvalue weighted by molar-refractivity contribution is 7.18. The van der Waals surface area contributed by atoms with Crippen molar-refractivity contribution in [3.8, 4) is 10.6 Å². The van der Waals surface area contributed by atoms with Crippen molar-refractivity contribution in [3.05, 3.63) is 64.7 Å². The van der Waals surface area contributed by atoms with Crippen molar-refractivity contribution in [2.45, 2.75) is 20.8 Å². The number of aryl methyl sites for hydroxylation is 3. The number of carbonyl (C=O) groups excluding carboxylic acids is 1. The van der Waals surface area contributed by atoms with Gasteiger partial charge >= 0.3 is 0 Å². The number of nitrogens with zero attached hydrogens (tertiary/aromatic N) is 2. The molecule has 0 aliphatic carbocycles. The van der Waals surface area contributed by atoms with Gasteiger partial charge in [0.1, 0.15) is 5.01 Å². The van der Waals surface area contributed by atoms with Crippen molar-refractivity contribution in [1.29, 1.82) is 0 Å². The molecule has 3 rings (SSSR count). The molecule has 1 N–H and O–H groups in total. The van der Waals surface area contributed by atoms with Crippen LogP contribution < -0.4 is 5.32 Å². The second-order valence-electron chi connectivity index (χ2n) is 5.53. The van der Waals surface area contributed by atoms with Crippen LogP contribution in [0.1, 0.15) is 27.0 Å². The lowest BCUT2D eigenvalue weighted by Gasteiger charge is -2.04. The second kappa shape index (κ2) is 6.30. The third-order valence-corrected chi connectivity index (χ3v) is 4.60. The molecule has 2 aromatic carbocycles. The SMILES string of the molecule is Cc1ccc(-c2nnc(NC(=O)c3ccc(C)c(C)c3)s2)cc1. The highest BCUT2D eigenvalue weighted by atomic mass is 32.1. The van der Waals surface area contributed by atoms with Crippen LogP contribution in [0.4, 0.5) is 5.13 Å². The number of rotatable bonds is 3. The van der Waals surface area contributed by atoms with E-state index in [1.807, 2.05) is 63.2 Å². The standard InChI is InChI=1S/C18H17N3OS/c1-11-4-7-14(8-5-11)17-20-21-18(23-17)19-16(22)15-9-6-12(2)13(3)10-15/h4-10H,1-3H3,(H,19,21,22). The Bertz CT molecular complexity index is 853. The fourth-order valence-electron chi connectivity index (χ4n) is 2.14. The van der Waals surface area contributed by atoms with Gasteiger partial charge < -0.3 is 0 Å². The first-order valence-electron chi connectivity index (χ1n) is 7.32. The molecule has 5 heteroatoms. The summed E-state index contributed by atoms with van der Waals surface area (Å²) < 4.78 is 0. The summed E-state index contributed by atoms with van der Waals surface area (Å²) in [5, 5.41) is 12.3. The van der Waals surface area contributed by atoms with E-state index in [-0.39, 0.29) is 5.91 Å². The summed E-state index contributed by atoms with van der Waals surface area (Å²) in [6, 6.07) is 13.7. The first-order chi connectivity index (χ1) is 11.0. The molecule has 0 bridgehead atoms. The zero-order valence-electron chi connectivity index (χ0n) is 13.3. The van der Waals surface area contributed by atoms with Gasteiger partial charge in [0.05, 0.1) is 0 Å². The molecule has 4 nitrogen and oxygen atoms in total. The average molecular weight is 323 g/mol. The molecule has 3 aromatic rings. The van der Waals surface area contributed by atoms with Gasteiger partial charge in [-0.1, -0.05) is 47.2 Å². The number of aromatic nitrogens is 2. The zero-order chi connectivity index (χ0) is 16.4. The summed E-state index contributed by atoms with van der Waals surface area (Å²) in [5.41, 5.74) is 5.08. The molecule has 1 heterocycles. The summed E-state index contributed by atoms with van der Waals surface area (Å²) in [6.07, 6.45) is 0. The van der Waals surface area contributed by atoms with E-state index < -0.39 is 0 Å². The van der Waals surface area contributed by atoms with Gasteiger partial charge in [0.2, 0.25) is 5.13 Å². The number of carbonyl (C=O) groups is 1. The Morgan fingerprint density at radius 3 is 2.39 bits per heavy atom. The van der Waals surface area contributed by atoms with Crippen molar-refractivity contribution in [2.24, 2.45) is 0 Å². The van der Waals surface area contributed by atoms with Crippen LogP contribution in [-0.2, 0) is 0 Å². The minimum absolute atomic E-state index is 0.167. The van der Waals surface area contributed by atoms with Gasteiger partial charge in [0.15, 0.2) is 0 Å². The Morgan fingerprint density at radius 2 is 1.70 bits per heavy atom. The van der Waals surface area contributed by atoms with Crippen molar-refractivity contribution >= 4 is 22.4 Å². The topological polar surface area (TPSA) is 54.9 Å². The molecule has 1 amide bonds. The first kappa shape index (κ1) is 15.4. The first-order valence-corrected chi connectivity index (χ1v) is 8.14. The van der Waals surface area contributed by atoms with Crippen molar-refractivity contribution in [2.75, 3.05) is 5.32 Å². The number of benzene rings is 2. The molecule has 0 unspecified atom stereocenters. The van der Waals surface area contributed by atoms with Gasteiger partial charge in [0.25, 0.3) is 5.91 Å². The maximum atomic E-state index is 12.3. The number of anilines is 1. The molecular weight excluding hydrogens is 306 g/mol. The second-order valence-corrected chi connectivity index (χ2v) is 6.51. The van der Waals surface area contributed by atoms with Crippen LogP contribution in [0.25, 0.3) is 10.6 Å². The molecule has 0 aliphatic rings. The van der Waals surface area contributed by atoms with E-state index in [1.54, 1.807) is 0 Å². The van der Waals surface area contributed by atoms with Crippen LogP contribution in [0.2, 0.25) is 0 Å². The third-order valence-electron chi connectivity index (χ3n) is 3.71. The van der Waals surface area contributed by atoms with Crippen LogP contribution in [0.3, 0.4) is 0 Å². The Balaban J connectivity index is 1.77. The molecule has 0 atom stereocenters. The molecule has 0 radical (unpaired) electrons. The Morgan fingerprint density at radius 1 is 0.957 bits per heavy atom. The lowest BCUT2D eigenvalue weighted by Crippen LogP contribution is -2.12. The molecule has 116 valence electrons. The van der Waals surface area contributed by atoms with Gasteiger partial charge in [-0.25, -0.2) is 0 Å². The predicted octanol–water partition coefficient (Wildman–Crippen LogP) is 4.38. The Labute approximate surface area is 139 Å². The minimum Gasteiger partial charge on any atom is -0.296 e. The average Bonchev–Trinajstić information content (AvgIpc) is 2.99. The maximum Gasteiger partial charge on any atom is 0.257 e.